The molecular weight excluding hydrogens is 416 g/mol. The summed E-state index contributed by atoms with van der Waals surface area (Å²) in [5.41, 5.74) is 16.5. The molecule has 0 saturated heterocycles. The van der Waals surface area contributed by atoms with E-state index in [1.807, 2.05) is 12.1 Å². The van der Waals surface area contributed by atoms with Gasteiger partial charge in [0, 0.05) is 23.8 Å². The normalized spacial score (nSPS) is 16.0. The van der Waals surface area contributed by atoms with E-state index in [1.54, 1.807) is 12.1 Å². The van der Waals surface area contributed by atoms with Gasteiger partial charge in [-0.3, -0.25) is 0 Å². The van der Waals surface area contributed by atoms with Gasteiger partial charge in [0.1, 0.15) is 5.75 Å². The van der Waals surface area contributed by atoms with Gasteiger partial charge in [0.15, 0.2) is 5.76 Å². The lowest BCUT2D eigenvalue weighted by Gasteiger charge is -2.28. The van der Waals surface area contributed by atoms with Crippen LogP contribution in [0, 0.1) is 5.92 Å². The number of ether oxygens (including phenoxy) is 3. The maximum Gasteiger partial charge on any atom is 0.350 e. The second-order valence-corrected chi connectivity index (χ2v) is 6.98. The van der Waals surface area contributed by atoms with E-state index in [1.165, 1.54) is 0 Å². The monoisotopic (exact) mass is 440 g/mol. The molecule has 0 spiro atoms. The van der Waals surface area contributed by atoms with Crippen LogP contribution in [0.2, 0.25) is 0 Å². The third kappa shape index (κ3) is 7.98. The second kappa shape index (κ2) is 13.1. The third-order valence-electron chi connectivity index (χ3n) is 4.92. The van der Waals surface area contributed by atoms with E-state index in [0.29, 0.717) is 17.4 Å². The highest BCUT2D eigenvalue weighted by Crippen LogP contribution is 2.39. The second-order valence-electron chi connectivity index (χ2n) is 6.98. The van der Waals surface area contributed by atoms with Crippen molar-refractivity contribution in [2.24, 2.45) is 5.92 Å². The summed E-state index contributed by atoms with van der Waals surface area (Å²) in [4.78, 5) is 23.1. The van der Waals surface area contributed by atoms with Gasteiger partial charge < -0.3 is 14.2 Å². The standard InChI is InChI=1S/C28H24O5/c1-5-9-11-25(32-26(29)7-3)23-15-13-21(14-16-23)22-17-19-24(20-18-22)31-28(12-10-6-2)33-27(30)8-4/h7-8,17-21,23H,1-4,13-16H2. The number of benzene rings is 1. The molecule has 0 bridgehead atoms. The first-order valence-electron chi connectivity index (χ1n) is 10.3. The quantitative estimate of drug-likeness (QED) is 0.224. The van der Waals surface area contributed by atoms with Crippen molar-refractivity contribution in [1.29, 1.82) is 0 Å². The van der Waals surface area contributed by atoms with Gasteiger partial charge in [-0.2, -0.15) is 0 Å². The summed E-state index contributed by atoms with van der Waals surface area (Å²) < 4.78 is 15.9. The predicted octanol–water partition coefficient (Wildman–Crippen LogP) is 5.71. The SMILES string of the molecule is C=C=C=C=C(OC(=O)C=C)Oc1ccc(C2CCC(C(=C=C=C=C)OC(=O)C=C)CC2)cc1. The van der Waals surface area contributed by atoms with Crippen LogP contribution in [0.5, 0.6) is 5.75 Å². The van der Waals surface area contributed by atoms with Gasteiger partial charge in [-0.1, -0.05) is 36.8 Å². The fourth-order valence-corrected chi connectivity index (χ4v) is 3.37. The first-order valence-corrected chi connectivity index (χ1v) is 10.3. The Kier molecular flexibility index (Phi) is 9.88. The van der Waals surface area contributed by atoms with Gasteiger partial charge in [0.05, 0.1) is 0 Å². The highest BCUT2D eigenvalue weighted by atomic mass is 16.7. The van der Waals surface area contributed by atoms with E-state index >= 15 is 0 Å². The minimum absolute atomic E-state index is 0.0607. The molecule has 0 heterocycles. The van der Waals surface area contributed by atoms with Crippen molar-refractivity contribution in [2.75, 3.05) is 0 Å². The van der Waals surface area contributed by atoms with Crippen LogP contribution in [0.15, 0.2) is 109 Å². The molecule has 1 saturated carbocycles. The molecule has 0 amide bonds. The summed E-state index contributed by atoms with van der Waals surface area (Å²) in [5.74, 6) is -0.0597. The largest absolute Gasteiger partial charge is 0.419 e. The number of hydrogen-bond donors (Lipinski definition) is 0. The molecule has 1 aliphatic rings. The Morgan fingerprint density at radius 3 is 2.00 bits per heavy atom. The van der Waals surface area contributed by atoms with Crippen LogP contribution in [0.4, 0.5) is 0 Å². The topological polar surface area (TPSA) is 61.8 Å². The summed E-state index contributed by atoms with van der Waals surface area (Å²) in [7, 11) is 0. The Morgan fingerprint density at radius 1 is 0.848 bits per heavy atom. The molecular formula is C28H24O5. The molecule has 0 aromatic heterocycles. The summed E-state index contributed by atoms with van der Waals surface area (Å²) in [6.45, 7) is 13.6. The molecule has 5 nitrogen and oxygen atoms in total. The van der Waals surface area contributed by atoms with Crippen LogP contribution in [-0.4, -0.2) is 11.9 Å². The first kappa shape index (κ1) is 24.9. The molecule has 0 aliphatic heterocycles. The van der Waals surface area contributed by atoms with Crippen molar-refractivity contribution in [3.05, 3.63) is 114 Å². The molecule has 33 heavy (non-hydrogen) atoms. The van der Waals surface area contributed by atoms with Gasteiger partial charge >= 0.3 is 17.9 Å². The van der Waals surface area contributed by atoms with Crippen molar-refractivity contribution < 1.29 is 23.8 Å². The number of esters is 2. The zero-order valence-corrected chi connectivity index (χ0v) is 18.3. The molecule has 1 aromatic carbocycles. The van der Waals surface area contributed by atoms with Gasteiger partial charge in [-0.15, -0.1) is 0 Å². The lowest BCUT2D eigenvalue weighted by Crippen LogP contribution is -2.17. The first-order chi connectivity index (χ1) is 16.0. The fraction of sp³-hybridized carbons (Fsp3) is 0.214. The van der Waals surface area contributed by atoms with E-state index < -0.39 is 11.9 Å². The molecule has 5 heteroatoms. The Hall–Kier alpha value is -4.40. The summed E-state index contributed by atoms with van der Waals surface area (Å²) in [6.07, 6.45) is 5.62. The van der Waals surface area contributed by atoms with E-state index in [-0.39, 0.29) is 11.9 Å². The third-order valence-corrected chi connectivity index (χ3v) is 4.92. The van der Waals surface area contributed by atoms with Crippen molar-refractivity contribution in [1.82, 2.24) is 0 Å². The Balaban J connectivity index is 2.08. The van der Waals surface area contributed by atoms with Gasteiger partial charge in [-0.25, -0.2) is 9.59 Å². The van der Waals surface area contributed by atoms with Crippen LogP contribution in [0.3, 0.4) is 0 Å². The van der Waals surface area contributed by atoms with E-state index in [4.69, 9.17) is 14.2 Å². The number of carbonyl (C=O) groups excluding carboxylic acids is 2. The maximum atomic E-state index is 11.6. The Morgan fingerprint density at radius 2 is 1.42 bits per heavy atom. The molecule has 166 valence electrons. The average molecular weight is 440 g/mol. The highest BCUT2D eigenvalue weighted by Gasteiger charge is 2.27. The molecule has 0 atom stereocenters. The maximum absolute atomic E-state index is 11.6. The number of carbonyl (C=O) groups is 2. The molecule has 1 aromatic rings. The van der Waals surface area contributed by atoms with Crippen LogP contribution >= 0.6 is 0 Å². The molecule has 2 rings (SSSR count). The molecule has 0 N–H and O–H groups in total. The van der Waals surface area contributed by atoms with Crippen molar-refractivity contribution in [3.63, 3.8) is 0 Å². The fourth-order valence-electron chi connectivity index (χ4n) is 3.37. The molecule has 1 aliphatic carbocycles. The number of allylic oxidation sites excluding steroid dienone is 1. The predicted molar refractivity (Wildman–Crippen MR) is 124 cm³/mol. The van der Waals surface area contributed by atoms with Gasteiger partial charge in [-0.05, 0) is 79.6 Å². The van der Waals surface area contributed by atoms with Crippen molar-refractivity contribution >= 4 is 11.9 Å². The minimum Gasteiger partial charge on any atom is -0.419 e. The minimum atomic E-state index is -0.678. The Bertz CT molecular complexity index is 1160. The van der Waals surface area contributed by atoms with Crippen LogP contribution in [-0.2, 0) is 19.1 Å². The molecule has 0 radical (unpaired) electrons. The smallest absolute Gasteiger partial charge is 0.350 e. The van der Waals surface area contributed by atoms with Gasteiger partial charge in [0.25, 0.3) is 0 Å². The zero-order chi connectivity index (χ0) is 24.1. The average Bonchev–Trinajstić information content (AvgIpc) is 2.85. The van der Waals surface area contributed by atoms with Gasteiger partial charge in [0.2, 0.25) is 0 Å². The molecule has 0 unspecified atom stereocenters. The summed E-state index contributed by atoms with van der Waals surface area (Å²) in [6, 6.07) is 7.51. The van der Waals surface area contributed by atoms with Crippen LogP contribution in [0.25, 0.3) is 0 Å². The van der Waals surface area contributed by atoms with Crippen molar-refractivity contribution in [3.8, 4) is 5.75 Å². The van der Waals surface area contributed by atoms with E-state index in [9.17, 15) is 9.59 Å². The zero-order valence-electron chi connectivity index (χ0n) is 18.3. The number of rotatable bonds is 8. The number of hydrogen-bond acceptors (Lipinski definition) is 5. The van der Waals surface area contributed by atoms with E-state index in [0.717, 1.165) is 43.4 Å². The lowest BCUT2D eigenvalue weighted by molar-refractivity contribution is -0.137. The lowest BCUT2D eigenvalue weighted by atomic mass is 9.78. The van der Waals surface area contributed by atoms with Crippen LogP contribution in [0.1, 0.15) is 37.2 Å². The van der Waals surface area contributed by atoms with Crippen molar-refractivity contribution in [2.45, 2.75) is 31.6 Å². The highest BCUT2D eigenvalue weighted by molar-refractivity contribution is 5.82. The molecule has 1 fully saturated rings. The summed E-state index contributed by atoms with van der Waals surface area (Å²) in [5, 5.41) is 0. The Labute approximate surface area is 193 Å². The van der Waals surface area contributed by atoms with Crippen LogP contribution < -0.4 is 4.74 Å². The summed E-state index contributed by atoms with van der Waals surface area (Å²) >= 11 is 0. The van der Waals surface area contributed by atoms with E-state index in [2.05, 4.69) is 60.7 Å².